The van der Waals surface area contributed by atoms with Crippen molar-refractivity contribution in [1.82, 2.24) is 0 Å². The van der Waals surface area contributed by atoms with Crippen LogP contribution < -0.4 is 0 Å². The molecular weight excluding hydrogens is 277 g/mol. The zero-order valence-corrected chi connectivity index (χ0v) is 10.6. The molecule has 0 aromatic rings. The molecule has 14 heavy (non-hydrogen) atoms. The van der Waals surface area contributed by atoms with Crippen molar-refractivity contribution < 1.29 is 13.2 Å². The molecule has 0 radical (unpaired) electrons. The summed E-state index contributed by atoms with van der Waals surface area (Å²) in [5.74, 6) is 0.190. The summed E-state index contributed by atoms with van der Waals surface area (Å²) in [6, 6.07) is 0. The fourth-order valence-electron chi connectivity index (χ4n) is 1.11. The van der Waals surface area contributed by atoms with Gasteiger partial charge in [0.1, 0.15) is 0 Å². The van der Waals surface area contributed by atoms with Crippen molar-refractivity contribution in [3.63, 3.8) is 0 Å². The first-order chi connectivity index (χ1) is 6.45. The van der Waals surface area contributed by atoms with Crippen LogP contribution in [0, 0.1) is 0 Å². The van der Waals surface area contributed by atoms with Gasteiger partial charge in [-0.3, -0.25) is 0 Å². The van der Waals surface area contributed by atoms with Crippen LogP contribution in [0.25, 0.3) is 0 Å². The van der Waals surface area contributed by atoms with E-state index >= 15 is 0 Å². The number of rotatable bonds is 7. The molecule has 0 saturated carbocycles. The minimum Gasteiger partial charge on any atom is -0.160 e. The Hall–Kier alpha value is 0.620. The zero-order valence-electron chi connectivity index (χ0n) is 8.24. The predicted molar refractivity (Wildman–Crippen MR) is 60.0 cm³/mol. The van der Waals surface area contributed by atoms with Crippen molar-refractivity contribution in [2.45, 2.75) is 49.4 Å². The summed E-state index contributed by atoms with van der Waals surface area (Å²) in [6.45, 7) is 2.10. The molecule has 0 spiro atoms. The van der Waals surface area contributed by atoms with Crippen molar-refractivity contribution >= 4 is 27.7 Å². The van der Waals surface area contributed by atoms with Gasteiger partial charge in [-0.2, -0.15) is 13.2 Å². The van der Waals surface area contributed by atoms with Crippen LogP contribution in [0.1, 0.15) is 39.0 Å². The van der Waals surface area contributed by atoms with E-state index in [1.807, 2.05) is 0 Å². The van der Waals surface area contributed by atoms with Crippen LogP contribution in [0.5, 0.6) is 0 Å². The maximum absolute atomic E-state index is 11.7. The summed E-state index contributed by atoms with van der Waals surface area (Å²) in [4.78, 5) is 0.475. The highest BCUT2D eigenvalue weighted by molar-refractivity contribution is 9.09. The molecule has 0 aliphatic heterocycles. The van der Waals surface area contributed by atoms with Gasteiger partial charge in [-0.1, -0.05) is 47.5 Å². The maximum atomic E-state index is 11.7. The molecule has 1 unspecified atom stereocenters. The molecule has 0 amide bonds. The van der Waals surface area contributed by atoms with Gasteiger partial charge < -0.3 is 0 Å². The Morgan fingerprint density at radius 1 is 1.21 bits per heavy atom. The first kappa shape index (κ1) is 14.6. The van der Waals surface area contributed by atoms with Crippen molar-refractivity contribution in [3.05, 3.63) is 0 Å². The second kappa shape index (κ2) is 7.85. The Morgan fingerprint density at radius 3 is 2.36 bits per heavy atom. The van der Waals surface area contributed by atoms with E-state index in [2.05, 4.69) is 22.9 Å². The van der Waals surface area contributed by atoms with Crippen molar-refractivity contribution in [1.29, 1.82) is 0 Å². The second-order valence-electron chi connectivity index (χ2n) is 3.18. The lowest BCUT2D eigenvalue weighted by Crippen LogP contribution is -2.02. The topological polar surface area (TPSA) is 0 Å². The van der Waals surface area contributed by atoms with Crippen molar-refractivity contribution in [2.75, 3.05) is 5.75 Å². The minimum atomic E-state index is -4.06. The van der Waals surface area contributed by atoms with Gasteiger partial charge in [0, 0.05) is 10.6 Å². The molecule has 0 aliphatic carbocycles. The maximum Gasteiger partial charge on any atom is 0.441 e. The van der Waals surface area contributed by atoms with Gasteiger partial charge in [0.2, 0.25) is 0 Å². The van der Waals surface area contributed by atoms with Crippen LogP contribution in [0.3, 0.4) is 0 Å². The molecule has 0 saturated heterocycles. The highest BCUT2D eigenvalue weighted by Crippen LogP contribution is 2.31. The standard InChI is InChI=1S/C9H16BrF3S/c1-2-5-8(10)6-3-4-7-14-9(11,12)13/h8H,2-7H2,1H3. The van der Waals surface area contributed by atoms with Crippen LogP contribution in [-0.4, -0.2) is 16.1 Å². The van der Waals surface area contributed by atoms with Crippen LogP contribution in [0.2, 0.25) is 0 Å². The van der Waals surface area contributed by atoms with E-state index in [0.29, 0.717) is 11.2 Å². The lowest BCUT2D eigenvalue weighted by atomic mass is 10.1. The van der Waals surface area contributed by atoms with Gasteiger partial charge in [-0.05, 0) is 19.3 Å². The van der Waals surface area contributed by atoms with E-state index in [1.54, 1.807) is 0 Å². The Kier molecular flexibility index (Phi) is 8.20. The van der Waals surface area contributed by atoms with E-state index in [0.717, 1.165) is 25.7 Å². The second-order valence-corrected chi connectivity index (χ2v) is 5.63. The molecule has 1 atom stereocenters. The number of hydrogen-bond donors (Lipinski definition) is 0. The lowest BCUT2D eigenvalue weighted by Gasteiger charge is -2.08. The Balaban J connectivity index is 3.21. The third-order valence-electron chi connectivity index (χ3n) is 1.78. The molecule has 0 bridgehead atoms. The quantitative estimate of drug-likeness (QED) is 0.471. The first-order valence-electron chi connectivity index (χ1n) is 4.80. The average Bonchev–Trinajstić information content (AvgIpc) is 2.02. The van der Waals surface area contributed by atoms with E-state index in [1.165, 1.54) is 0 Å². The third-order valence-corrected chi connectivity index (χ3v) is 3.52. The molecule has 0 aromatic carbocycles. The van der Waals surface area contributed by atoms with Gasteiger partial charge in [-0.15, -0.1) is 0 Å². The average molecular weight is 293 g/mol. The van der Waals surface area contributed by atoms with Crippen LogP contribution in [-0.2, 0) is 0 Å². The Morgan fingerprint density at radius 2 is 1.86 bits per heavy atom. The van der Waals surface area contributed by atoms with E-state index < -0.39 is 5.51 Å². The molecule has 0 N–H and O–H groups in total. The molecule has 0 rings (SSSR count). The Bertz CT molecular complexity index is 139. The summed E-state index contributed by atoms with van der Waals surface area (Å²) in [7, 11) is 0. The largest absolute Gasteiger partial charge is 0.441 e. The fraction of sp³-hybridized carbons (Fsp3) is 1.00. The van der Waals surface area contributed by atoms with Gasteiger partial charge in [-0.25, -0.2) is 0 Å². The normalized spacial score (nSPS) is 14.4. The molecular formula is C9H16BrF3S. The predicted octanol–water partition coefficient (Wildman–Crippen LogP) is 4.97. The number of alkyl halides is 4. The van der Waals surface area contributed by atoms with Gasteiger partial charge in [0.15, 0.2) is 0 Å². The zero-order chi connectivity index (χ0) is 11.0. The third kappa shape index (κ3) is 10.7. The summed E-state index contributed by atoms with van der Waals surface area (Å²) in [6.07, 6.45) is 4.72. The van der Waals surface area contributed by atoms with E-state index in [9.17, 15) is 13.2 Å². The molecule has 0 heterocycles. The number of hydrogen-bond acceptors (Lipinski definition) is 1. The number of unbranched alkanes of at least 4 members (excludes halogenated alkanes) is 1. The fourth-order valence-corrected chi connectivity index (χ4v) is 2.47. The summed E-state index contributed by atoms with van der Waals surface area (Å²) < 4.78 is 35.1. The van der Waals surface area contributed by atoms with Gasteiger partial charge in [0.05, 0.1) is 0 Å². The number of thioether (sulfide) groups is 1. The monoisotopic (exact) mass is 292 g/mol. The lowest BCUT2D eigenvalue weighted by molar-refractivity contribution is -0.0328. The van der Waals surface area contributed by atoms with Crippen molar-refractivity contribution in [3.8, 4) is 0 Å². The van der Waals surface area contributed by atoms with E-state index in [4.69, 9.17) is 0 Å². The van der Waals surface area contributed by atoms with Crippen molar-refractivity contribution in [2.24, 2.45) is 0 Å². The van der Waals surface area contributed by atoms with Crippen LogP contribution in [0.4, 0.5) is 13.2 Å². The minimum absolute atomic E-state index is 0.0833. The highest BCUT2D eigenvalue weighted by Gasteiger charge is 2.27. The molecule has 5 heteroatoms. The molecule has 0 aliphatic rings. The molecule has 86 valence electrons. The Labute approximate surface area is 96.1 Å². The summed E-state index contributed by atoms with van der Waals surface area (Å²) >= 11 is 3.58. The van der Waals surface area contributed by atoms with Gasteiger partial charge >= 0.3 is 5.51 Å². The SMILES string of the molecule is CCCC(Br)CCCCSC(F)(F)F. The van der Waals surface area contributed by atoms with Gasteiger partial charge in [0.25, 0.3) is 0 Å². The van der Waals surface area contributed by atoms with Crippen LogP contribution >= 0.6 is 27.7 Å². The summed E-state index contributed by atoms with van der Waals surface area (Å²) in [5, 5.41) is 0. The molecule has 0 aromatic heterocycles. The molecule has 0 fully saturated rings. The summed E-state index contributed by atoms with van der Waals surface area (Å²) in [5.41, 5.74) is -4.06. The smallest absolute Gasteiger partial charge is 0.160 e. The first-order valence-corrected chi connectivity index (χ1v) is 6.70. The molecule has 0 nitrogen and oxygen atoms in total. The van der Waals surface area contributed by atoms with Crippen LogP contribution in [0.15, 0.2) is 0 Å². The number of halogens is 4. The highest BCUT2D eigenvalue weighted by atomic mass is 79.9. The van der Waals surface area contributed by atoms with E-state index in [-0.39, 0.29) is 17.5 Å².